The van der Waals surface area contributed by atoms with Gasteiger partial charge in [-0.05, 0) is 24.1 Å². The van der Waals surface area contributed by atoms with E-state index in [4.69, 9.17) is 0 Å². The highest BCUT2D eigenvalue weighted by atomic mass is 32.2. The molecule has 2 rings (SSSR count). The first kappa shape index (κ1) is 17.2. The largest absolute Gasteiger partial charge is 0.550 e. The minimum Gasteiger partial charge on any atom is -0.550 e. The fraction of sp³-hybridized carbons (Fsp3) is 0.235. The maximum absolute atomic E-state index is 12.5. The van der Waals surface area contributed by atoms with Gasteiger partial charge >= 0.3 is 0 Å². The van der Waals surface area contributed by atoms with Crippen molar-refractivity contribution in [2.24, 2.45) is 0 Å². The Morgan fingerprint density at radius 3 is 2.09 bits per heavy atom. The molecule has 23 heavy (non-hydrogen) atoms. The molecule has 2 aromatic rings. The third-order valence-electron chi connectivity index (χ3n) is 3.61. The zero-order valence-electron chi connectivity index (χ0n) is 12.8. The van der Waals surface area contributed by atoms with Gasteiger partial charge in [-0.15, -0.1) is 0 Å². The monoisotopic (exact) mass is 332 g/mol. The van der Waals surface area contributed by atoms with Crippen molar-refractivity contribution in [1.82, 2.24) is 4.31 Å². The lowest BCUT2D eigenvalue weighted by Crippen LogP contribution is -2.34. The molecule has 0 saturated carbocycles. The minimum absolute atomic E-state index is 0.0647. The average molecular weight is 332 g/mol. The molecule has 0 bridgehead atoms. The van der Waals surface area contributed by atoms with Crippen LogP contribution in [0.3, 0.4) is 0 Å². The van der Waals surface area contributed by atoms with Crippen LogP contribution in [0.2, 0.25) is 0 Å². The maximum Gasteiger partial charge on any atom is 0.242 e. The predicted molar refractivity (Wildman–Crippen MR) is 85.1 cm³/mol. The minimum atomic E-state index is -3.66. The number of nitrogens with zero attached hydrogens (tertiary/aromatic N) is 1. The molecule has 0 aliphatic rings. The fourth-order valence-electron chi connectivity index (χ4n) is 2.40. The highest BCUT2D eigenvalue weighted by Gasteiger charge is 2.24. The summed E-state index contributed by atoms with van der Waals surface area (Å²) >= 11 is 0. The topological polar surface area (TPSA) is 77.5 Å². The van der Waals surface area contributed by atoms with Crippen LogP contribution in [0.25, 0.3) is 0 Å². The van der Waals surface area contributed by atoms with Gasteiger partial charge in [-0.25, -0.2) is 12.7 Å². The van der Waals surface area contributed by atoms with Gasteiger partial charge in [0.05, 0.1) is 4.90 Å². The molecule has 6 heteroatoms. The Morgan fingerprint density at radius 1 is 1.04 bits per heavy atom. The number of hydrogen-bond acceptors (Lipinski definition) is 4. The van der Waals surface area contributed by atoms with Crippen LogP contribution in [-0.2, 0) is 14.8 Å². The Hall–Kier alpha value is -2.18. The first-order valence-electron chi connectivity index (χ1n) is 7.17. The third-order valence-corrected chi connectivity index (χ3v) is 5.45. The van der Waals surface area contributed by atoms with E-state index in [1.807, 2.05) is 6.07 Å². The van der Waals surface area contributed by atoms with Gasteiger partial charge in [0, 0.05) is 25.5 Å². The molecule has 0 heterocycles. The number of likely N-dealkylation sites (N-methyl/N-ethyl adjacent to an activating group) is 1. The molecule has 0 amide bonds. The smallest absolute Gasteiger partial charge is 0.242 e. The van der Waals surface area contributed by atoms with Gasteiger partial charge in [-0.1, -0.05) is 48.5 Å². The summed E-state index contributed by atoms with van der Waals surface area (Å²) in [4.78, 5) is 11.2. The van der Waals surface area contributed by atoms with Crippen molar-refractivity contribution in [2.45, 2.75) is 17.2 Å². The van der Waals surface area contributed by atoms with E-state index >= 15 is 0 Å². The third kappa shape index (κ3) is 4.40. The second kappa shape index (κ2) is 7.39. The molecular formula is C17H18NO4S-. The lowest BCUT2D eigenvalue weighted by atomic mass is 9.96. The van der Waals surface area contributed by atoms with E-state index in [0.717, 1.165) is 5.56 Å². The van der Waals surface area contributed by atoms with Crippen molar-refractivity contribution in [3.05, 3.63) is 66.2 Å². The van der Waals surface area contributed by atoms with Gasteiger partial charge in [0.15, 0.2) is 0 Å². The Kier molecular flexibility index (Phi) is 5.52. The molecule has 0 aliphatic carbocycles. The number of benzene rings is 2. The summed E-state index contributed by atoms with van der Waals surface area (Å²) in [5, 5.41) is 11.0. The summed E-state index contributed by atoms with van der Waals surface area (Å²) in [5.74, 6) is -1.67. The van der Waals surface area contributed by atoms with E-state index < -0.39 is 21.9 Å². The van der Waals surface area contributed by atoms with Crippen molar-refractivity contribution in [2.75, 3.05) is 13.6 Å². The van der Waals surface area contributed by atoms with Crippen LogP contribution >= 0.6 is 0 Å². The Morgan fingerprint density at radius 2 is 1.57 bits per heavy atom. The predicted octanol–water partition coefficient (Wildman–Crippen LogP) is 1.23. The Bertz CT molecular complexity index is 745. The molecule has 2 aromatic carbocycles. The van der Waals surface area contributed by atoms with Crippen LogP contribution in [-0.4, -0.2) is 32.3 Å². The van der Waals surface area contributed by atoms with Crippen LogP contribution in [0.1, 0.15) is 17.9 Å². The molecule has 0 N–H and O–H groups in total. The number of aliphatic carboxylic acids is 1. The number of carboxylic acid groups (broad SMARTS) is 1. The highest BCUT2D eigenvalue weighted by Crippen LogP contribution is 2.23. The molecule has 0 fully saturated rings. The van der Waals surface area contributed by atoms with Gasteiger partial charge in [-0.3, -0.25) is 0 Å². The van der Waals surface area contributed by atoms with Gasteiger partial charge in [0.25, 0.3) is 0 Å². The number of carbonyl (C=O) groups excluding carboxylic acids is 1. The van der Waals surface area contributed by atoms with E-state index in [9.17, 15) is 18.3 Å². The van der Waals surface area contributed by atoms with Crippen molar-refractivity contribution in [1.29, 1.82) is 0 Å². The van der Waals surface area contributed by atoms with Crippen molar-refractivity contribution in [3.8, 4) is 0 Å². The van der Waals surface area contributed by atoms with E-state index in [-0.39, 0.29) is 17.9 Å². The second-order valence-corrected chi connectivity index (χ2v) is 7.33. The number of rotatable bonds is 7. The summed E-state index contributed by atoms with van der Waals surface area (Å²) in [7, 11) is -2.21. The van der Waals surface area contributed by atoms with Gasteiger partial charge < -0.3 is 9.90 Å². The van der Waals surface area contributed by atoms with Gasteiger partial charge in [-0.2, -0.15) is 0 Å². The summed E-state index contributed by atoms with van der Waals surface area (Å²) < 4.78 is 26.3. The van der Waals surface area contributed by atoms with Crippen LogP contribution in [0, 0.1) is 0 Å². The zero-order valence-corrected chi connectivity index (χ0v) is 13.6. The number of carbonyl (C=O) groups is 1. The Balaban J connectivity index is 2.24. The second-order valence-electron chi connectivity index (χ2n) is 5.28. The standard InChI is InChI=1S/C17H19NO4S/c1-18(23(21,22)16-10-6-3-7-11-16)13-15(12-17(19)20)14-8-4-2-5-9-14/h2-11,15H,12-13H2,1H3,(H,19,20)/p-1/t15-/m1/s1. The summed E-state index contributed by atoms with van der Waals surface area (Å²) in [6.45, 7) is 0.0647. The SMILES string of the molecule is CN(C[C@@H](CC(=O)[O-])c1ccccc1)S(=O)(=O)c1ccccc1. The quantitative estimate of drug-likeness (QED) is 0.764. The molecule has 122 valence electrons. The first-order valence-corrected chi connectivity index (χ1v) is 8.61. The average Bonchev–Trinajstić information content (AvgIpc) is 2.55. The fourth-order valence-corrected chi connectivity index (χ4v) is 3.63. The molecule has 1 atom stereocenters. The molecule has 0 saturated heterocycles. The number of sulfonamides is 1. The van der Waals surface area contributed by atoms with Crippen molar-refractivity contribution >= 4 is 16.0 Å². The van der Waals surface area contributed by atoms with E-state index in [1.54, 1.807) is 42.5 Å². The van der Waals surface area contributed by atoms with Gasteiger partial charge in [0.2, 0.25) is 10.0 Å². The van der Waals surface area contributed by atoms with Crippen molar-refractivity contribution in [3.63, 3.8) is 0 Å². The highest BCUT2D eigenvalue weighted by molar-refractivity contribution is 7.89. The summed E-state index contributed by atoms with van der Waals surface area (Å²) in [6.07, 6.45) is -0.237. The molecule has 0 unspecified atom stereocenters. The molecule has 0 radical (unpaired) electrons. The number of hydrogen-bond donors (Lipinski definition) is 0. The zero-order chi connectivity index (χ0) is 16.9. The molecule has 0 spiro atoms. The van der Waals surface area contributed by atoms with Crippen molar-refractivity contribution < 1.29 is 18.3 Å². The lowest BCUT2D eigenvalue weighted by Gasteiger charge is -2.24. The van der Waals surface area contributed by atoms with Crippen LogP contribution in [0.5, 0.6) is 0 Å². The summed E-state index contributed by atoms with van der Waals surface area (Å²) in [5.41, 5.74) is 0.770. The lowest BCUT2D eigenvalue weighted by molar-refractivity contribution is -0.306. The number of carboxylic acids is 1. The van der Waals surface area contributed by atoms with Crippen LogP contribution in [0.4, 0.5) is 0 Å². The molecule has 0 aromatic heterocycles. The summed E-state index contributed by atoms with van der Waals surface area (Å²) in [6, 6.07) is 17.1. The normalized spacial score (nSPS) is 13.0. The van der Waals surface area contributed by atoms with E-state index in [0.29, 0.717) is 0 Å². The van der Waals surface area contributed by atoms with E-state index in [2.05, 4.69) is 0 Å². The molecular weight excluding hydrogens is 314 g/mol. The maximum atomic E-state index is 12.5. The first-order chi connectivity index (χ1) is 10.9. The van der Waals surface area contributed by atoms with Crippen LogP contribution < -0.4 is 5.11 Å². The van der Waals surface area contributed by atoms with Gasteiger partial charge in [0.1, 0.15) is 0 Å². The molecule has 5 nitrogen and oxygen atoms in total. The van der Waals surface area contributed by atoms with E-state index in [1.165, 1.54) is 23.5 Å². The van der Waals surface area contributed by atoms with Crippen LogP contribution in [0.15, 0.2) is 65.6 Å². The molecule has 0 aliphatic heterocycles. The Labute approximate surface area is 136 Å².